The van der Waals surface area contributed by atoms with Crippen molar-refractivity contribution < 1.29 is 4.79 Å². The lowest BCUT2D eigenvalue weighted by Crippen LogP contribution is -2.47. The van der Waals surface area contributed by atoms with Crippen LogP contribution in [0, 0.1) is 0 Å². The van der Waals surface area contributed by atoms with E-state index >= 15 is 0 Å². The van der Waals surface area contributed by atoms with Crippen LogP contribution in [-0.2, 0) is 6.42 Å². The number of carbonyl (C=O) groups excluding carboxylic acids is 1. The van der Waals surface area contributed by atoms with Gasteiger partial charge in [0.1, 0.15) is 5.69 Å². The number of H-pyrrole nitrogens is 1. The Hall–Kier alpha value is -3.78. The Balaban J connectivity index is 1.35. The second-order valence-corrected chi connectivity index (χ2v) is 8.37. The molecule has 33 heavy (non-hydrogen) atoms. The van der Waals surface area contributed by atoms with Crippen LogP contribution in [0.3, 0.4) is 0 Å². The molecule has 0 saturated carbocycles. The number of aromatic amines is 1. The van der Waals surface area contributed by atoms with Crippen molar-refractivity contribution in [3.8, 4) is 11.4 Å². The molecule has 1 aliphatic rings. The van der Waals surface area contributed by atoms with Gasteiger partial charge in [0.15, 0.2) is 0 Å². The van der Waals surface area contributed by atoms with Crippen molar-refractivity contribution in [2.24, 2.45) is 0 Å². The summed E-state index contributed by atoms with van der Waals surface area (Å²) in [6.45, 7) is 5.42. The van der Waals surface area contributed by atoms with Gasteiger partial charge in [-0.05, 0) is 61.5 Å². The number of fused-ring (bicyclic) bond motifs is 1. The highest BCUT2D eigenvalue weighted by atomic mass is 16.2. The molecular weight excluding hydrogens is 414 g/mol. The van der Waals surface area contributed by atoms with Crippen molar-refractivity contribution in [3.05, 3.63) is 66.1 Å². The van der Waals surface area contributed by atoms with Crippen LogP contribution in [0.5, 0.6) is 0 Å². The van der Waals surface area contributed by atoms with E-state index in [0.717, 1.165) is 60.6 Å². The average Bonchev–Trinajstić information content (AvgIpc) is 3.28. The molecule has 0 spiro atoms. The zero-order valence-electron chi connectivity index (χ0n) is 18.9. The van der Waals surface area contributed by atoms with Crippen molar-refractivity contribution in [2.75, 3.05) is 38.5 Å². The highest BCUT2D eigenvalue weighted by Crippen LogP contribution is 2.24. The summed E-state index contributed by atoms with van der Waals surface area (Å²) in [6, 6.07) is 13.8. The normalized spacial score (nSPS) is 14.5. The van der Waals surface area contributed by atoms with Gasteiger partial charge in [-0.15, -0.1) is 0 Å². The molecule has 4 aromatic rings. The van der Waals surface area contributed by atoms with Crippen LogP contribution in [-0.4, -0.2) is 68.9 Å². The van der Waals surface area contributed by atoms with Crippen molar-refractivity contribution in [3.63, 3.8) is 0 Å². The second-order valence-electron chi connectivity index (χ2n) is 8.37. The fourth-order valence-corrected chi connectivity index (χ4v) is 4.03. The first-order chi connectivity index (χ1) is 16.1. The largest absolute Gasteiger partial charge is 0.351 e. The van der Waals surface area contributed by atoms with Gasteiger partial charge in [-0.25, -0.2) is 9.97 Å². The number of carbonyl (C=O) groups is 1. The Morgan fingerprint density at radius 3 is 2.64 bits per heavy atom. The maximum absolute atomic E-state index is 12.9. The molecule has 4 heterocycles. The lowest BCUT2D eigenvalue weighted by molar-refractivity contribution is 0.0659. The summed E-state index contributed by atoms with van der Waals surface area (Å²) in [5.41, 5.74) is 5.21. The number of rotatable bonds is 5. The highest BCUT2D eigenvalue weighted by Gasteiger charge is 2.21. The SMILES string of the molecule is CCc1ccnc(-c2ccnc(Nc3ccc4[nH]c(C(=O)N5CCN(C)CC5)cc4c3)n2)c1. The number of amides is 1. The Morgan fingerprint density at radius 1 is 1.00 bits per heavy atom. The highest BCUT2D eigenvalue weighted by molar-refractivity contribution is 5.98. The topological polar surface area (TPSA) is 90.0 Å². The minimum absolute atomic E-state index is 0.0478. The third kappa shape index (κ3) is 4.56. The van der Waals surface area contributed by atoms with Crippen LogP contribution >= 0.6 is 0 Å². The van der Waals surface area contributed by atoms with Gasteiger partial charge in [-0.1, -0.05) is 6.92 Å². The van der Waals surface area contributed by atoms with Gasteiger partial charge >= 0.3 is 0 Å². The van der Waals surface area contributed by atoms with Gasteiger partial charge < -0.3 is 20.1 Å². The molecule has 8 heteroatoms. The van der Waals surface area contributed by atoms with Gasteiger partial charge in [0, 0.05) is 55.2 Å². The first-order valence-corrected chi connectivity index (χ1v) is 11.2. The number of hydrogen-bond donors (Lipinski definition) is 2. The molecule has 0 aliphatic carbocycles. The predicted octanol–water partition coefficient (Wildman–Crippen LogP) is 3.71. The smallest absolute Gasteiger partial charge is 0.270 e. The molecule has 0 bridgehead atoms. The van der Waals surface area contributed by atoms with Gasteiger partial charge in [-0.2, -0.15) is 0 Å². The molecule has 8 nitrogen and oxygen atoms in total. The Morgan fingerprint density at radius 2 is 1.82 bits per heavy atom. The van der Waals surface area contributed by atoms with Crippen molar-refractivity contribution in [1.29, 1.82) is 0 Å². The number of benzene rings is 1. The number of aryl methyl sites for hydroxylation is 1. The predicted molar refractivity (Wildman–Crippen MR) is 130 cm³/mol. The molecule has 1 aromatic carbocycles. The third-order valence-corrected chi connectivity index (χ3v) is 6.05. The van der Waals surface area contributed by atoms with Crippen molar-refractivity contribution in [2.45, 2.75) is 13.3 Å². The molecular formula is C25H27N7O. The molecule has 5 rings (SSSR count). The Kier molecular flexibility index (Phi) is 5.75. The summed E-state index contributed by atoms with van der Waals surface area (Å²) < 4.78 is 0. The summed E-state index contributed by atoms with van der Waals surface area (Å²) in [7, 11) is 2.08. The average molecular weight is 442 g/mol. The zero-order chi connectivity index (χ0) is 22.8. The van der Waals surface area contributed by atoms with Crippen LogP contribution in [0.15, 0.2) is 54.9 Å². The number of pyridine rings is 1. The number of anilines is 2. The van der Waals surface area contributed by atoms with Gasteiger partial charge in [0.05, 0.1) is 11.4 Å². The maximum atomic E-state index is 12.9. The standard InChI is InChI=1S/C25H27N7O/c1-3-17-6-8-26-22(14-17)21-7-9-27-25(30-21)28-19-4-5-20-18(15-19)16-23(29-20)24(33)32-12-10-31(2)11-13-32/h4-9,14-16,29H,3,10-13H2,1-2H3,(H,27,28,30). The first kappa shape index (κ1) is 21.1. The number of hydrogen-bond acceptors (Lipinski definition) is 6. The van der Waals surface area contributed by atoms with Gasteiger partial charge in [0.2, 0.25) is 5.95 Å². The molecule has 1 amide bonds. The lowest BCUT2D eigenvalue weighted by atomic mass is 10.1. The van der Waals surface area contributed by atoms with Gasteiger partial charge in [0.25, 0.3) is 5.91 Å². The van der Waals surface area contributed by atoms with E-state index in [-0.39, 0.29) is 5.91 Å². The molecule has 0 atom stereocenters. The number of piperazine rings is 1. The summed E-state index contributed by atoms with van der Waals surface area (Å²) >= 11 is 0. The van der Waals surface area contributed by atoms with E-state index in [1.165, 1.54) is 5.56 Å². The second kappa shape index (κ2) is 8.99. The van der Waals surface area contributed by atoms with E-state index in [1.807, 2.05) is 47.5 Å². The van der Waals surface area contributed by atoms with Gasteiger partial charge in [-0.3, -0.25) is 9.78 Å². The molecule has 1 fully saturated rings. The minimum Gasteiger partial charge on any atom is -0.351 e. The fraction of sp³-hybridized carbons (Fsp3) is 0.280. The summed E-state index contributed by atoms with van der Waals surface area (Å²) in [4.78, 5) is 33.8. The van der Waals surface area contributed by atoms with Crippen molar-refractivity contribution >= 4 is 28.4 Å². The van der Waals surface area contributed by atoms with E-state index in [1.54, 1.807) is 6.20 Å². The Bertz CT molecular complexity index is 1290. The molecule has 1 aliphatic heterocycles. The molecule has 168 valence electrons. The minimum atomic E-state index is 0.0478. The van der Waals surface area contributed by atoms with E-state index < -0.39 is 0 Å². The molecule has 3 aromatic heterocycles. The van der Waals surface area contributed by atoms with Crippen LogP contribution < -0.4 is 5.32 Å². The van der Waals surface area contributed by atoms with Crippen molar-refractivity contribution in [1.82, 2.24) is 29.7 Å². The van der Waals surface area contributed by atoms with Crippen LogP contribution in [0.1, 0.15) is 23.0 Å². The number of nitrogens with one attached hydrogen (secondary N) is 2. The van der Waals surface area contributed by atoms with E-state index in [9.17, 15) is 4.79 Å². The van der Waals surface area contributed by atoms with E-state index in [0.29, 0.717) is 11.6 Å². The van der Waals surface area contributed by atoms with E-state index in [2.05, 4.69) is 50.2 Å². The summed E-state index contributed by atoms with van der Waals surface area (Å²) in [6.07, 6.45) is 4.48. The molecule has 0 radical (unpaired) electrons. The lowest BCUT2D eigenvalue weighted by Gasteiger charge is -2.32. The first-order valence-electron chi connectivity index (χ1n) is 11.2. The molecule has 2 N–H and O–H groups in total. The fourth-order valence-electron chi connectivity index (χ4n) is 4.03. The summed E-state index contributed by atoms with van der Waals surface area (Å²) in [5, 5.41) is 4.24. The number of aromatic nitrogens is 4. The number of nitrogens with zero attached hydrogens (tertiary/aromatic N) is 5. The zero-order valence-corrected chi connectivity index (χ0v) is 18.9. The van der Waals surface area contributed by atoms with Crippen LogP contribution in [0.4, 0.5) is 11.6 Å². The van der Waals surface area contributed by atoms with E-state index in [4.69, 9.17) is 0 Å². The monoisotopic (exact) mass is 441 g/mol. The Labute approximate surface area is 192 Å². The van der Waals surface area contributed by atoms with Crippen LogP contribution in [0.2, 0.25) is 0 Å². The number of likely N-dealkylation sites (N-methyl/N-ethyl adjacent to an activating group) is 1. The molecule has 0 unspecified atom stereocenters. The maximum Gasteiger partial charge on any atom is 0.270 e. The molecule has 1 saturated heterocycles. The van der Waals surface area contributed by atoms with Crippen LogP contribution in [0.25, 0.3) is 22.3 Å². The third-order valence-electron chi connectivity index (χ3n) is 6.05. The quantitative estimate of drug-likeness (QED) is 0.491. The summed E-state index contributed by atoms with van der Waals surface area (Å²) in [5.74, 6) is 0.548.